The van der Waals surface area contributed by atoms with Crippen molar-refractivity contribution in [3.05, 3.63) is 34.9 Å². The Hall–Kier alpha value is -0.900. The maximum Gasteiger partial charge on any atom is 0.0495 e. The molecule has 2 atom stereocenters. The van der Waals surface area contributed by atoms with Gasteiger partial charge in [0.05, 0.1) is 0 Å². The number of benzene rings is 1. The summed E-state index contributed by atoms with van der Waals surface area (Å²) in [6.07, 6.45) is 3.27. The predicted molar refractivity (Wildman–Crippen MR) is 74.3 cm³/mol. The molecule has 1 fully saturated rings. The van der Waals surface area contributed by atoms with Gasteiger partial charge < -0.3 is 4.74 Å². The molecule has 2 unspecified atom stereocenters. The van der Waals surface area contributed by atoms with Gasteiger partial charge >= 0.3 is 0 Å². The monoisotopic (exact) mass is 248 g/mol. The molecule has 0 radical (unpaired) electrons. The maximum absolute atomic E-state index is 5.68. The van der Waals surface area contributed by atoms with Crippen molar-refractivity contribution in [2.75, 3.05) is 13.2 Å². The Labute approximate surface area is 110 Å². The summed E-state index contributed by atoms with van der Waals surface area (Å²) in [7, 11) is 0. The van der Waals surface area contributed by atoms with Gasteiger partial charge in [0.25, 0.3) is 0 Å². The van der Waals surface area contributed by atoms with Gasteiger partial charge in [0.2, 0.25) is 0 Å². The van der Waals surface area contributed by atoms with Crippen molar-refractivity contribution in [1.82, 2.24) is 5.43 Å². The molecule has 1 aliphatic heterocycles. The lowest BCUT2D eigenvalue weighted by atomic mass is 9.94. The third kappa shape index (κ3) is 3.55. The van der Waals surface area contributed by atoms with Gasteiger partial charge in [0.15, 0.2) is 0 Å². The van der Waals surface area contributed by atoms with Crippen LogP contribution in [0.3, 0.4) is 0 Å². The van der Waals surface area contributed by atoms with E-state index in [0.29, 0.717) is 12.0 Å². The van der Waals surface area contributed by atoms with Crippen LogP contribution in [0.2, 0.25) is 0 Å². The lowest BCUT2D eigenvalue weighted by Gasteiger charge is -2.19. The number of hydrogen-bond acceptors (Lipinski definition) is 3. The molecule has 18 heavy (non-hydrogen) atoms. The van der Waals surface area contributed by atoms with Crippen LogP contribution in [0, 0.1) is 19.8 Å². The van der Waals surface area contributed by atoms with Gasteiger partial charge in [-0.25, -0.2) is 0 Å². The molecule has 0 bridgehead atoms. The number of nitrogens with one attached hydrogen (secondary N) is 1. The Bertz CT molecular complexity index is 386. The third-order valence-electron chi connectivity index (χ3n) is 3.93. The van der Waals surface area contributed by atoms with Crippen molar-refractivity contribution in [3.8, 4) is 0 Å². The molecule has 1 saturated heterocycles. The van der Waals surface area contributed by atoms with Crippen molar-refractivity contribution in [1.29, 1.82) is 0 Å². The zero-order chi connectivity index (χ0) is 13.0. The van der Waals surface area contributed by atoms with Crippen LogP contribution in [-0.4, -0.2) is 19.3 Å². The van der Waals surface area contributed by atoms with Crippen LogP contribution in [0.5, 0.6) is 0 Å². The Morgan fingerprint density at radius 2 is 2.22 bits per heavy atom. The van der Waals surface area contributed by atoms with E-state index < -0.39 is 0 Å². The summed E-state index contributed by atoms with van der Waals surface area (Å²) in [4.78, 5) is 0. The van der Waals surface area contributed by atoms with Gasteiger partial charge in [0.1, 0.15) is 0 Å². The van der Waals surface area contributed by atoms with E-state index >= 15 is 0 Å². The highest BCUT2D eigenvalue weighted by molar-refractivity contribution is 5.30. The van der Waals surface area contributed by atoms with Gasteiger partial charge in [-0.1, -0.05) is 18.2 Å². The fourth-order valence-electron chi connectivity index (χ4n) is 2.60. The second-order valence-corrected chi connectivity index (χ2v) is 5.45. The first kappa shape index (κ1) is 13.5. The number of ether oxygens (including phenoxy) is 1. The van der Waals surface area contributed by atoms with Crippen LogP contribution < -0.4 is 11.3 Å². The summed E-state index contributed by atoms with van der Waals surface area (Å²) in [6, 6.07) is 7.01. The van der Waals surface area contributed by atoms with Crippen LogP contribution >= 0.6 is 0 Å². The fourth-order valence-corrected chi connectivity index (χ4v) is 2.60. The first-order valence-electron chi connectivity index (χ1n) is 6.79. The van der Waals surface area contributed by atoms with Crippen molar-refractivity contribution < 1.29 is 4.74 Å². The van der Waals surface area contributed by atoms with E-state index in [-0.39, 0.29) is 0 Å². The molecule has 1 aromatic rings. The molecular formula is C15H24N2O. The van der Waals surface area contributed by atoms with Crippen molar-refractivity contribution >= 4 is 0 Å². The fraction of sp³-hybridized carbons (Fsp3) is 0.600. The average molecular weight is 248 g/mol. The van der Waals surface area contributed by atoms with Crippen LogP contribution in [-0.2, 0) is 11.2 Å². The molecule has 0 spiro atoms. The molecule has 100 valence electrons. The second-order valence-electron chi connectivity index (χ2n) is 5.45. The molecule has 0 amide bonds. The highest BCUT2D eigenvalue weighted by Gasteiger charge is 2.20. The third-order valence-corrected chi connectivity index (χ3v) is 3.93. The average Bonchev–Trinajstić information content (AvgIpc) is 2.86. The zero-order valence-electron chi connectivity index (χ0n) is 11.4. The molecule has 0 saturated carbocycles. The van der Waals surface area contributed by atoms with E-state index in [1.807, 2.05) is 0 Å². The summed E-state index contributed by atoms with van der Waals surface area (Å²) < 4.78 is 5.42. The minimum atomic E-state index is 0.346. The Balaban J connectivity index is 1.94. The highest BCUT2D eigenvalue weighted by atomic mass is 16.5. The molecule has 3 nitrogen and oxygen atoms in total. The zero-order valence-corrected chi connectivity index (χ0v) is 11.4. The largest absolute Gasteiger partial charge is 0.381 e. The second kappa shape index (κ2) is 6.32. The lowest BCUT2D eigenvalue weighted by Crippen LogP contribution is -2.38. The number of hydrogen-bond donors (Lipinski definition) is 2. The molecular weight excluding hydrogens is 224 g/mol. The summed E-state index contributed by atoms with van der Waals surface area (Å²) in [5, 5.41) is 0. The summed E-state index contributed by atoms with van der Waals surface area (Å²) >= 11 is 0. The van der Waals surface area contributed by atoms with E-state index in [0.717, 1.165) is 26.1 Å². The Morgan fingerprint density at radius 3 is 2.83 bits per heavy atom. The van der Waals surface area contributed by atoms with Crippen LogP contribution in [0.15, 0.2) is 18.2 Å². The van der Waals surface area contributed by atoms with Gasteiger partial charge in [-0.05, 0) is 55.7 Å². The summed E-state index contributed by atoms with van der Waals surface area (Å²) in [5.41, 5.74) is 7.02. The molecule has 0 aromatic heterocycles. The minimum absolute atomic E-state index is 0.346. The van der Waals surface area contributed by atoms with Crippen molar-refractivity contribution in [2.45, 2.75) is 39.2 Å². The molecule has 3 N–H and O–H groups in total. The molecule has 1 aliphatic rings. The first-order chi connectivity index (χ1) is 8.69. The molecule has 1 aromatic carbocycles. The molecule has 2 rings (SSSR count). The lowest BCUT2D eigenvalue weighted by molar-refractivity contribution is 0.181. The van der Waals surface area contributed by atoms with Crippen LogP contribution in [0.4, 0.5) is 0 Å². The molecule has 0 aliphatic carbocycles. The normalized spacial score (nSPS) is 21.2. The topological polar surface area (TPSA) is 47.3 Å². The van der Waals surface area contributed by atoms with E-state index in [1.165, 1.54) is 23.1 Å². The van der Waals surface area contributed by atoms with Gasteiger partial charge in [-0.2, -0.15) is 0 Å². The van der Waals surface area contributed by atoms with E-state index in [2.05, 4.69) is 37.5 Å². The van der Waals surface area contributed by atoms with Crippen LogP contribution in [0.1, 0.15) is 29.5 Å². The van der Waals surface area contributed by atoms with Gasteiger partial charge in [-0.15, -0.1) is 0 Å². The molecule has 3 heteroatoms. The molecule has 1 heterocycles. The Morgan fingerprint density at radius 1 is 1.39 bits per heavy atom. The van der Waals surface area contributed by atoms with Crippen molar-refractivity contribution in [2.24, 2.45) is 11.8 Å². The number of nitrogens with two attached hydrogens (primary N) is 1. The van der Waals surface area contributed by atoms with E-state index in [4.69, 9.17) is 10.6 Å². The number of hydrazine groups is 1. The highest BCUT2D eigenvalue weighted by Crippen LogP contribution is 2.20. The smallest absolute Gasteiger partial charge is 0.0495 e. The van der Waals surface area contributed by atoms with Gasteiger partial charge in [0, 0.05) is 19.3 Å². The van der Waals surface area contributed by atoms with Gasteiger partial charge in [-0.3, -0.25) is 11.3 Å². The van der Waals surface area contributed by atoms with Crippen molar-refractivity contribution in [3.63, 3.8) is 0 Å². The number of aryl methyl sites for hydroxylation is 2. The predicted octanol–water partition coefficient (Wildman–Crippen LogP) is 2.10. The SMILES string of the molecule is Cc1ccc(CC(CC2CCOC2)NN)cc1C. The maximum atomic E-state index is 5.68. The standard InChI is InChI=1S/C15H24N2O/c1-11-3-4-13(7-12(11)2)8-15(17-16)9-14-5-6-18-10-14/h3-4,7,14-15,17H,5-6,8-10,16H2,1-2H3. The van der Waals surface area contributed by atoms with Crippen LogP contribution in [0.25, 0.3) is 0 Å². The first-order valence-corrected chi connectivity index (χ1v) is 6.79. The summed E-state index contributed by atoms with van der Waals surface area (Å²) in [6.45, 7) is 6.11. The minimum Gasteiger partial charge on any atom is -0.381 e. The van der Waals surface area contributed by atoms with E-state index in [9.17, 15) is 0 Å². The van der Waals surface area contributed by atoms with E-state index in [1.54, 1.807) is 0 Å². The summed E-state index contributed by atoms with van der Waals surface area (Å²) in [5.74, 6) is 6.34. The Kier molecular flexibility index (Phi) is 4.75. The number of rotatable bonds is 5. The quantitative estimate of drug-likeness (QED) is 0.620.